The quantitative estimate of drug-likeness (QED) is 0.615. The van der Waals surface area contributed by atoms with Crippen LogP contribution in [0.2, 0.25) is 0 Å². The van der Waals surface area contributed by atoms with Gasteiger partial charge in [-0.3, -0.25) is 4.79 Å². The van der Waals surface area contributed by atoms with Gasteiger partial charge in [-0.25, -0.2) is 0 Å². The molecule has 1 unspecified atom stereocenters. The van der Waals surface area contributed by atoms with Crippen molar-refractivity contribution in [3.8, 4) is 6.07 Å². The van der Waals surface area contributed by atoms with Gasteiger partial charge in [-0.1, -0.05) is 25.5 Å². The minimum absolute atomic E-state index is 0.138. The van der Waals surface area contributed by atoms with Crippen LogP contribution in [0.1, 0.15) is 71.6 Å². The molecule has 0 N–H and O–H groups in total. The highest BCUT2D eigenvalue weighted by Gasteiger charge is 2.64. The third-order valence-electron chi connectivity index (χ3n) is 9.03. The van der Waals surface area contributed by atoms with Crippen LogP contribution in [0.25, 0.3) is 0 Å². The van der Waals surface area contributed by atoms with Crippen LogP contribution in [-0.4, -0.2) is 5.78 Å². The zero-order valence-electron chi connectivity index (χ0n) is 15.8. The van der Waals surface area contributed by atoms with E-state index in [-0.39, 0.29) is 16.2 Å². The summed E-state index contributed by atoms with van der Waals surface area (Å²) in [6.45, 7) is 8.79. The second-order valence-corrected chi connectivity index (χ2v) is 9.65. The number of nitriles is 1. The van der Waals surface area contributed by atoms with Crippen molar-refractivity contribution in [3.05, 3.63) is 24.3 Å². The van der Waals surface area contributed by atoms with Crippen molar-refractivity contribution in [1.29, 1.82) is 5.26 Å². The number of carbonyl (C=O) groups excluding carboxylic acids is 1. The zero-order chi connectivity index (χ0) is 17.9. The Morgan fingerprint density at radius 1 is 1.20 bits per heavy atom. The molecule has 4 aliphatic carbocycles. The van der Waals surface area contributed by atoms with Gasteiger partial charge in [0.2, 0.25) is 0 Å². The van der Waals surface area contributed by atoms with Crippen molar-refractivity contribution in [2.45, 2.75) is 71.6 Å². The molecule has 0 aromatic rings. The van der Waals surface area contributed by atoms with Crippen molar-refractivity contribution >= 4 is 5.78 Å². The Bertz CT molecular complexity index is 685. The Balaban J connectivity index is 1.69. The fourth-order valence-corrected chi connectivity index (χ4v) is 7.50. The smallest absolute Gasteiger partial charge is 0.155 e. The van der Waals surface area contributed by atoms with Crippen molar-refractivity contribution in [3.63, 3.8) is 0 Å². The monoisotopic (exact) mass is 337 g/mol. The first-order chi connectivity index (χ1) is 11.9. The molecule has 0 spiro atoms. The molecule has 134 valence electrons. The fourth-order valence-electron chi connectivity index (χ4n) is 7.50. The number of carbonyl (C=O) groups is 1. The molecule has 0 heterocycles. The van der Waals surface area contributed by atoms with E-state index in [4.69, 9.17) is 0 Å². The molecule has 25 heavy (non-hydrogen) atoms. The van der Waals surface area contributed by atoms with Crippen molar-refractivity contribution in [1.82, 2.24) is 0 Å². The summed E-state index contributed by atoms with van der Waals surface area (Å²) in [5.41, 5.74) is 1.60. The second-order valence-electron chi connectivity index (χ2n) is 9.65. The first kappa shape index (κ1) is 17.1. The average molecular weight is 338 g/mol. The van der Waals surface area contributed by atoms with Crippen molar-refractivity contribution in [2.75, 3.05) is 0 Å². The second kappa shape index (κ2) is 5.57. The largest absolute Gasteiger partial charge is 0.295 e. The molecule has 6 atom stereocenters. The lowest BCUT2D eigenvalue weighted by atomic mass is 9.45. The third kappa shape index (κ3) is 2.11. The number of rotatable bonds is 2. The van der Waals surface area contributed by atoms with Crippen molar-refractivity contribution < 1.29 is 4.79 Å². The van der Waals surface area contributed by atoms with E-state index >= 15 is 0 Å². The number of fused-ring (bicyclic) bond motifs is 5. The molecule has 0 radical (unpaired) electrons. The third-order valence-corrected chi connectivity index (χ3v) is 9.03. The Hall–Kier alpha value is -1.36. The van der Waals surface area contributed by atoms with Gasteiger partial charge in [0.05, 0.1) is 11.5 Å². The molecule has 2 nitrogen and oxygen atoms in total. The van der Waals surface area contributed by atoms with Gasteiger partial charge in [0.25, 0.3) is 0 Å². The van der Waals surface area contributed by atoms with Gasteiger partial charge < -0.3 is 0 Å². The van der Waals surface area contributed by atoms with E-state index in [1.807, 2.05) is 12.2 Å². The molecule has 4 rings (SSSR count). The summed E-state index contributed by atoms with van der Waals surface area (Å²) in [5.74, 6) is 2.44. The van der Waals surface area contributed by atoms with Crippen LogP contribution in [0.3, 0.4) is 0 Å². The van der Waals surface area contributed by atoms with Gasteiger partial charge in [-0.2, -0.15) is 5.26 Å². The van der Waals surface area contributed by atoms with Gasteiger partial charge in [-0.15, -0.1) is 6.58 Å². The average Bonchev–Trinajstić information content (AvgIpc) is 2.89. The lowest BCUT2D eigenvalue weighted by molar-refractivity contribution is -0.117. The number of hydrogen-bond donors (Lipinski definition) is 0. The van der Waals surface area contributed by atoms with Gasteiger partial charge in [-0.05, 0) is 86.0 Å². The highest BCUT2D eigenvalue weighted by atomic mass is 16.1. The zero-order valence-corrected chi connectivity index (χ0v) is 15.8. The summed E-state index contributed by atoms with van der Waals surface area (Å²) in [4.78, 5) is 11.9. The molecule has 4 aliphatic rings. The van der Waals surface area contributed by atoms with Gasteiger partial charge in [0.15, 0.2) is 5.78 Å². The van der Waals surface area contributed by atoms with Crippen LogP contribution < -0.4 is 0 Å². The minimum atomic E-state index is -0.204. The summed E-state index contributed by atoms with van der Waals surface area (Å²) < 4.78 is 0. The normalized spacial score (nSPS) is 48.6. The topological polar surface area (TPSA) is 40.9 Å². The van der Waals surface area contributed by atoms with E-state index in [9.17, 15) is 10.1 Å². The number of hydrogen-bond acceptors (Lipinski definition) is 2. The predicted molar refractivity (Wildman–Crippen MR) is 99.6 cm³/mol. The van der Waals surface area contributed by atoms with E-state index < -0.39 is 0 Å². The highest BCUT2D eigenvalue weighted by Crippen LogP contribution is 2.70. The fraction of sp³-hybridized carbons (Fsp3) is 0.739. The summed E-state index contributed by atoms with van der Waals surface area (Å²) in [7, 11) is 0. The Labute approximate surface area is 152 Å². The van der Waals surface area contributed by atoms with Crippen LogP contribution in [0.5, 0.6) is 0 Å². The highest BCUT2D eigenvalue weighted by molar-refractivity contribution is 5.91. The molecule has 0 aliphatic heterocycles. The van der Waals surface area contributed by atoms with E-state index in [2.05, 4.69) is 26.5 Å². The first-order valence-electron chi connectivity index (χ1n) is 10.2. The Kier molecular flexibility index (Phi) is 3.80. The molecule has 0 amide bonds. The van der Waals surface area contributed by atoms with Gasteiger partial charge >= 0.3 is 0 Å². The SMILES string of the molecule is C=CC[C@]1(C#N)CC[C@H]2C3CCC4=CC(=O)CC[C@]4(C)[C@H]3CC[C@@]21C. The first-order valence-corrected chi connectivity index (χ1v) is 10.2. The molecule has 2 heteroatoms. The molecular weight excluding hydrogens is 306 g/mol. The molecule has 0 aromatic carbocycles. The van der Waals surface area contributed by atoms with E-state index in [0.717, 1.165) is 44.4 Å². The Morgan fingerprint density at radius 2 is 1.96 bits per heavy atom. The summed E-state index contributed by atoms with van der Waals surface area (Å²) in [6.07, 6.45) is 13.5. The van der Waals surface area contributed by atoms with Crippen LogP contribution in [0.15, 0.2) is 24.3 Å². The number of nitrogens with zero attached hydrogens (tertiary/aromatic N) is 1. The standard InChI is InChI=1S/C23H31NO/c1-4-10-23(15-24)13-9-20-18-6-5-16-14-17(25)7-11-21(16,2)19(18)8-12-22(20,23)3/h4,14,18-20H,1,5-13H2,2-3H3/t18?,19-,20-,21-,22-,23+/m0/s1. The summed E-state index contributed by atoms with van der Waals surface area (Å²) in [6, 6.07) is 2.76. The maximum Gasteiger partial charge on any atom is 0.155 e. The molecule has 0 saturated heterocycles. The summed E-state index contributed by atoms with van der Waals surface area (Å²) in [5, 5.41) is 10.1. The van der Waals surface area contributed by atoms with E-state index in [0.29, 0.717) is 17.6 Å². The lowest BCUT2D eigenvalue weighted by Crippen LogP contribution is -2.52. The maximum atomic E-state index is 11.9. The maximum absolute atomic E-state index is 11.9. The van der Waals surface area contributed by atoms with Crippen molar-refractivity contribution in [2.24, 2.45) is 34.0 Å². The van der Waals surface area contributed by atoms with E-state index in [1.165, 1.54) is 24.8 Å². The molecule has 3 saturated carbocycles. The molecular formula is C23H31NO. The molecule has 0 bridgehead atoms. The lowest BCUT2D eigenvalue weighted by Gasteiger charge is -2.59. The predicted octanol–water partition coefficient (Wildman–Crippen LogP) is 5.60. The van der Waals surface area contributed by atoms with Crippen LogP contribution in [0, 0.1) is 45.3 Å². The van der Waals surface area contributed by atoms with Crippen LogP contribution in [0.4, 0.5) is 0 Å². The number of ketones is 1. The van der Waals surface area contributed by atoms with Crippen LogP contribution >= 0.6 is 0 Å². The van der Waals surface area contributed by atoms with Crippen LogP contribution in [-0.2, 0) is 4.79 Å². The van der Waals surface area contributed by atoms with Gasteiger partial charge in [0, 0.05) is 6.42 Å². The van der Waals surface area contributed by atoms with Gasteiger partial charge in [0.1, 0.15) is 0 Å². The summed E-state index contributed by atoms with van der Waals surface area (Å²) >= 11 is 0. The minimum Gasteiger partial charge on any atom is -0.295 e. The molecule has 3 fully saturated rings. The Morgan fingerprint density at radius 3 is 2.68 bits per heavy atom. The molecule has 0 aromatic heterocycles. The van der Waals surface area contributed by atoms with E-state index in [1.54, 1.807) is 0 Å². The number of allylic oxidation sites excluding steroid dienone is 2.